The number of amides is 3. The average molecular weight is 271 g/mol. The van der Waals surface area contributed by atoms with Crippen LogP contribution < -0.4 is 11.1 Å². The lowest BCUT2D eigenvalue weighted by molar-refractivity contribution is -0.145. The zero-order chi connectivity index (χ0) is 14.4. The summed E-state index contributed by atoms with van der Waals surface area (Å²) < 4.78 is 4.64. The summed E-state index contributed by atoms with van der Waals surface area (Å²) >= 11 is 0. The number of nitrogens with two attached hydrogens (primary N) is 1. The largest absolute Gasteiger partial charge is 0.469 e. The van der Waals surface area contributed by atoms with Crippen LogP contribution >= 0.6 is 0 Å². The lowest BCUT2D eigenvalue weighted by Gasteiger charge is -2.36. The molecule has 0 aromatic heterocycles. The topological polar surface area (TPSA) is 102 Å². The van der Waals surface area contributed by atoms with E-state index in [2.05, 4.69) is 10.1 Å². The summed E-state index contributed by atoms with van der Waals surface area (Å²) in [5.74, 6) is -0.549. The number of rotatable bonds is 4. The van der Waals surface area contributed by atoms with Crippen LogP contribution in [0.25, 0.3) is 0 Å². The van der Waals surface area contributed by atoms with Crippen molar-refractivity contribution in [2.24, 2.45) is 5.73 Å². The fraction of sp³-hybridized carbons (Fsp3) is 0.750. The van der Waals surface area contributed by atoms with Crippen molar-refractivity contribution in [1.29, 1.82) is 0 Å². The predicted molar refractivity (Wildman–Crippen MR) is 68.2 cm³/mol. The van der Waals surface area contributed by atoms with Gasteiger partial charge in [0.25, 0.3) is 0 Å². The Morgan fingerprint density at radius 2 is 2.11 bits per heavy atom. The number of primary amides is 1. The van der Waals surface area contributed by atoms with Gasteiger partial charge in [-0.15, -0.1) is 0 Å². The van der Waals surface area contributed by atoms with Gasteiger partial charge in [0.15, 0.2) is 0 Å². The van der Waals surface area contributed by atoms with Crippen molar-refractivity contribution in [2.75, 3.05) is 13.7 Å². The van der Waals surface area contributed by atoms with E-state index in [9.17, 15) is 14.4 Å². The van der Waals surface area contributed by atoms with E-state index in [0.29, 0.717) is 6.54 Å². The SMILES string of the molecule is COC(=O)CC1CCCCN1C(=O)C(C)NC(N)=O. The molecule has 7 nitrogen and oxygen atoms in total. The van der Waals surface area contributed by atoms with Gasteiger partial charge in [-0.25, -0.2) is 4.79 Å². The maximum atomic E-state index is 12.2. The molecule has 0 saturated carbocycles. The van der Waals surface area contributed by atoms with Gasteiger partial charge in [-0.05, 0) is 26.2 Å². The highest BCUT2D eigenvalue weighted by atomic mass is 16.5. The molecule has 1 rings (SSSR count). The maximum Gasteiger partial charge on any atom is 0.312 e. The molecule has 1 fully saturated rings. The Bertz CT molecular complexity index is 359. The van der Waals surface area contributed by atoms with Crippen LogP contribution in [0.2, 0.25) is 0 Å². The quantitative estimate of drug-likeness (QED) is 0.702. The predicted octanol–water partition coefficient (Wildman–Crippen LogP) is -0.0126. The minimum absolute atomic E-state index is 0.161. The summed E-state index contributed by atoms with van der Waals surface area (Å²) in [6.45, 7) is 2.17. The second-order valence-electron chi connectivity index (χ2n) is 4.69. The van der Waals surface area contributed by atoms with E-state index in [0.717, 1.165) is 19.3 Å². The highest BCUT2D eigenvalue weighted by Crippen LogP contribution is 2.21. The summed E-state index contributed by atoms with van der Waals surface area (Å²) in [5, 5.41) is 2.36. The van der Waals surface area contributed by atoms with Crippen LogP contribution in [-0.4, -0.2) is 48.5 Å². The molecular weight excluding hydrogens is 250 g/mol. The van der Waals surface area contributed by atoms with Gasteiger partial charge in [-0.1, -0.05) is 0 Å². The molecule has 0 aromatic carbocycles. The summed E-state index contributed by atoms with van der Waals surface area (Å²) in [5.41, 5.74) is 5.00. The average Bonchev–Trinajstić information content (AvgIpc) is 2.37. The van der Waals surface area contributed by atoms with Crippen molar-refractivity contribution >= 4 is 17.9 Å². The molecule has 2 unspecified atom stereocenters. The molecule has 19 heavy (non-hydrogen) atoms. The number of hydrogen-bond donors (Lipinski definition) is 2. The molecule has 0 spiro atoms. The molecule has 0 bridgehead atoms. The third kappa shape index (κ3) is 4.42. The van der Waals surface area contributed by atoms with Gasteiger partial charge in [0, 0.05) is 12.6 Å². The van der Waals surface area contributed by atoms with Crippen LogP contribution in [0.15, 0.2) is 0 Å². The van der Waals surface area contributed by atoms with Crippen molar-refractivity contribution in [3.63, 3.8) is 0 Å². The molecule has 7 heteroatoms. The summed E-state index contributed by atoms with van der Waals surface area (Å²) in [4.78, 5) is 36.0. The molecule has 3 amide bonds. The molecule has 1 aliphatic rings. The van der Waals surface area contributed by atoms with E-state index in [4.69, 9.17) is 5.73 Å². The third-order valence-corrected chi connectivity index (χ3v) is 3.27. The lowest BCUT2D eigenvalue weighted by atomic mass is 9.98. The van der Waals surface area contributed by atoms with Gasteiger partial charge in [0.1, 0.15) is 6.04 Å². The maximum absolute atomic E-state index is 12.2. The summed E-state index contributed by atoms with van der Waals surface area (Å²) in [6, 6.07) is -1.58. The number of esters is 1. The second kappa shape index (κ2) is 6.96. The van der Waals surface area contributed by atoms with Crippen LogP contribution in [0.3, 0.4) is 0 Å². The van der Waals surface area contributed by atoms with Crippen molar-refractivity contribution in [1.82, 2.24) is 10.2 Å². The Balaban J connectivity index is 2.67. The van der Waals surface area contributed by atoms with Crippen molar-refractivity contribution < 1.29 is 19.1 Å². The molecule has 1 aliphatic heterocycles. The van der Waals surface area contributed by atoms with Crippen LogP contribution in [0.5, 0.6) is 0 Å². The van der Waals surface area contributed by atoms with Gasteiger partial charge in [0.05, 0.1) is 13.5 Å². The number of methoxy groups -OCH3 is 1. The third-order valence-electron chi connectivity index (χ3n) is 3.27. The molecule has 1 saturated heterocycles. The first-order valence-corrected chi connectivity index (χ1v) is 6.39. The zero-order valence-electron chi connectivity index (χ0n) is 11.3. The minimum Gasteiger partial charge on any atom is -0.469 e. The lowest BCUT2D eigenvalue weighted by Crippen LogP contribution is -2.53. The monoisotopic (exact) mass is 271 g/mol. The zero-order valence-corrected chi connectivity index (χ0v) is 11.3. The molecule has 108 valence electrons. The normalized spacial score (nSPS) is 20.5. The standard InChI is InChI=1S/C12H21N3O4/c1-8(14-12(13)18)11(17)15-6-4-3-5-9(15)7-10(16)19-2/h8-9H,3-7H2,1-2H3,(H3,13,14,18). The number of urea groups is 1. The Kier molecular flexibility index (Phi) is 5.59. The molecule has 1 heterocycles. The number of nitrogens with one attached hydrogen (secondary N) is 1. The van der Waals surface area contributed by atoms with Gasteiger partial charge in [0.2, 0.25) is 5.91 Å². The van der Waals surface area contributed by atoms with Gasteiger partial charge < -0.3 is 20.7 Å². The van der Waals surface area contributed by atoms with Crippen LogP contribution in [0, 0.1) is 0 Å². The second-order valence-corrected chi connectivity index (χ2v) is 4.69. The number of ether oxygens (including phenoxy) is 1. The smallest absolute Gasteiger partial charge is 0.312 e. The number of piperidine rings is 1. The fourth-order valence-corrected chi connectivity index (χ4v) is 2.30. The number of nitrogens with zero attached hydrogens (tertiary/aromatic N) is 1. The van der Waals surface area contributed by atoms with E-state index in [1.54, 1.807) is 11.8 Å². The first-order chi connectivity index (χ1) is 8.95. The summed E-state index contributed by atoms with van der Waals surface area (Å²) in [6.07, 6.45) is 2.82. The van der Waals surface area contributed by atoms with E-state index in [1.807, 2.05) is 0 Å². The number of likely N-dealkylation sites (tertiary alicyclic amines) is 1. The Labute approximate surface area is 112 Å². The molecule has 0 aliphatic carbocycles. The van der Waals surface area contributed by atoms with Crippen molar-refractivity contribution in [2.45, 2.75) is 44.7 Å². The first kappa shape index (κ1) is 15.3. The van der Waals surface area contributed by atoms with E-state index in [1.165, 1.54) is 7.11 Å². The van der Waals surface area contributed by atoms with Crippen LogP contribution in [0.4, 0.5) is 4.79 Å². The Morgan fingerprint density at radius 3 is 2.68 bits per heavy atom. The minimum atomic E-state index is -0.734. The van der Waals surface area contributed by atoms with E-state index in [-0.39, 0.29) is 24.3 Å². The molecule has 0 aromatic rings. The number of carbonyl (C=O) groups excluding carboxylic acids is 3. The van der Waals surface area contributed by atoms with Gasteiger partial charge in [-0.3, -0.25) is 9.59 Å². The highest BCUT2D eigenvalue weighted by molar-refractivity contribution is 5.86. The number of hydrogen-bond acceptors (Lipinski definition) is 4. The Morgan fingerprint density at radius 1 is 1.42 bits per heavy atom. The van der Waals surface area contributed by atoms with Crippen molar-refractivity contribution in [3.05, 3.63) is 0 Å². The van der Waals surface area contributed by atoms with Crippen molar-refractivity contribution in [3.8, 4) is 0 Å². The van der Waals surface area contributed by atoms with E-state index < -0.39 is 12.1 Å². The van der Waals surface area contributed by atoms with Gasteiger partial charge >= 0.3 is 12.0 Å². The highest BCUT2D eigenvalue weighted by Gasteiger charge is 2.31. The van der Waals surface area contributed by atoms with Gasteiger partial charge in [-0.2, -0.15) is 0 Å². The Hall–Kier alpha value is -1.79. The summed E-state index contributed by atoms with van der Waals surface area (Å²) in [7, 11) is 1.33. The number of carbonyl (C=O) groups is 3. The molecule has 2 atom stereocenters. The first-order valence-electron chi connectivity index (χ1n) is 6.39. The van der Waals surface area contributed by atoms with Crippen LogP contribution in [-0.2, 0) is 14.3 Å². The molecule has 3 N–H and O–H groups in total. The molecular formula is C12H21N3O4. The van der Waals surface area contributed by atoms with E-state index >= 15 is 0 Å². The van der Waals surface area contributed by atoms with Crippen LogP contribution in [0.1, 0.15) is 32.6 Å². The fourth-order valence-electron chi connectivity index (χ4n) is 2.30. The molecule has 0 radical (unpaired) electrons.